The molecule has 0 amide bonds. The van der Waals surface area contributed by atoms with Gasteiger partial charge in [0.1, 0.15) is 0 Å². The average Bonchev–Trinajstić information content (AvgIpc) is 3.14. The fourth-order valence-corrected chi connectivity index (χ4v) is 4.94. The highest BCUT2D eigenvalue weighted by molar-refractivity contribution is 7.18. The maximum absolute atomic E-state index is 13.1. The van der Waals surface area contributed by atoms with Crippen molar-refractivity contribution < 1.29 is 9.53 Å². The lowest BCUT2D eigenvalue weighted by molar-refractivity contribution is 0.104. The van der Waals surface area contributed by atoms with Crippen molar-refractivity contribution in [3.63, 3.8) is 0 Å². The number of nitrogens with zero attached hydrogens (tertiary/aromatic N) is 1. The monoisotopic (exact) mass is 451 g/mol. The third-order valence-corrected chi connectivity index (χ3v) is 6.56. The van der Waals surface area contributed by atoms with Crippen molar-refractivity contribution >= 4 is 56.9 Å². The second kappa shape index (κ2) is 8.44. The Morgan fingerprint density at radius 1 is 0.929 bits per heavy atom. The predicted molar refractivity (Wildman–Crippen MR) is 118 cm³/mol. The molecule has 0 radical (unpaired) electrons. The van der Waals surface area contributed by atoms with E-state index in [9.17, 15) is 4.79 Å². The number of halogens is 3. The van der Waals surface area contributed by atoms with E-state index < -0.39 is 0 Å². The predicted octanol–water partition coefficient (Wildman–Crippen LogP) is 6.44. The summed E-state index contributed by atoms with van der Waals surface area (Å²) in [5.74, 6) is -0.110. The molecule has 1 saturated heterocycles. The maximum Gasteiger partial charge on any atom is 0.204 e. The first kappa shape index (κ1) is 19.7. The summed E-state index contributed by atoms with van der Waals surface area (Å²) in [5.41, 5.74) is 2.48. The average molecular weight is 453 g/mol. The standard InChI is InChI=1S/C21H16Cl3NO2S/c22-14-3-1-13(2-4-14)17-12-19(28-21(17)25-7-9-27-10-8-25)20(26)16-6-5-15(23)11-18(16)24/h1-6,11-12H,7-10H2. The van der Waals surface area contributed by atoms with E-state index >= 15 is 0 Å². The van der Waals surface area contributed by atoms with Gasteiger partial charge in [0.05, 0.1) is 28.1 Å². The smallest absolute Gasteiger partial charge is 0.204 e. The normalized spacial score (nSPS) is 14.3. The first-order chi connectivity index (χ1) is 13.5. The number of rotatable bonds is 4. The minimum Gasteiger partial charge on any atom is -0.378 e. The van der Waals surface area contributed by atoms with Crippen LogP contribution in [-0.2, 0) is 4.74 Å². The minimum atomic E-state index is -0.110. The Labute approximate surface area is 182 Å². The number of benzene rings is 2. The first-order valence-electron chi connectivity index (χ1n) is 8.75. The lowest BCUT2D eigenvalue weighted by Crippen LogP contribution is -2.35. The third-order valence-electron chi connectivity index (χ3n) is 4.57. The van der Waals surface area contributed by atoms with Gasteiger partial charge in [-0.3, -0.25) is 4.79 Å². The number of carbonyl (C=O) groups is 1. The molecule has 0 spiro atoms. The van der Waals surface area contributed by atoms with Gasteiger partial charge in [0.25, 0.3) is 0 Å². The van der Waals surface area contributed by atoms with Gasteiger partial charge in [0, 0.05) is 34.3 Å². The van der Waals surface area contributed by atoms with E-state index in [0.717, 1.165) is 29.2 Å². The van der Waals surface area contributed by atoms with Gasteiger partial charge in [0.15, 0.2) is 0 Å². The van der Waals surface area contributed by atoms with Crippen LogP contribution in [0.1, 0.15) is 15.2 Å². The molecule has 28 heavy (non-hydrogen) atoms. The van der Waals surface area contributed by atoms with Gasteiger partial charge in [-0.2, -0.15) is 0 Å². The molecular weight excluding hydrogens is 437 g/mol. The zero-order valence-corrected chi connectivity index (χ0v) is 17.8. The molecule has 4 rings (SSSR count). The summed E-state index contributed by atoms with van der Waals surface area (Å²) in [6.07, 6.45) is 0. The van der Waals surface area contributed by atoms with E-state index in [-0.39, 0.29) is 5.78 Å². The summed E-state index contributed by atoms with van der Waals surface area (Å²) < 4.78 is 5.48. The molecule has 0 atom stereocenters. The van der Waals surface area contributed by atoms with Crippen molar-refractivity contribution in [3.05, 3.63) is 74.0 Å². The molecule has 7 heteroatoms. The Kier molecular flexibility index (Phi) is 5.95. The van der Waals surface area contributed by atoms with Crippen LogP contribution in [0.4, 0.5) is 5.00 Å². The molecule has 144 valence electrons. The van der Waals surface area contributed by atoms with E-state index in [0.29, 0.717) is 38.7 Å². The topological polar surface area (TPSA) is 29.5 Å². The zero-order chi connectivity index (χ0) is 19.7. The number of hydrogen-bond donors (Lipinski definition) is 0. The van der Waals surface area contributed by atoms with Crippen LogP contribution in [0.15, 0.2) is 48.5 Å². The van der Waals surface area contributed by atoms with Gasteiger partial charge in [-0.15, -0.1) is 11.3 Å². The summed E-state index contributed by atoms with van der Waals surface area (Å²) in [6, 6.07) is 14.5. The van der Waals surface area contributed by atoms with Crippen molar-refractivity contribution in [3.8, 4) is 11.1 Å². The highest BCUT2D eigenvalue weighted by Gasteiger charge is 2.23. The quantitative estimate of drug-likeness (QED) is 0.426. The number of ketones is 1. The fraction of sp³-hybridized carbons (Fsp3) is 0.190. The molecule has 2 aromatic carbocycles. The molecule has 0 bridgehead atoms. The number of morpholine rings is 1. The Bertz CT molecular complexity index is 1010. The van der Waals surface area contributed by atoms with Gasteiger partial charge in [-0.05, 0) is 42.0 Å². The first-order valence-corrected chi connectivity index (χ1v) is 10.7. The van der Waals surface area contributed by atoms with Gasteiger partial charge < -0.3 is 9.64 Å². The summed E-state index contributed by atoms with van der Waals surface area (Å²) in [4.78, 5) is 16.0. The molecule has 1 aromatic heterocycles. The van der Waals surface area contributed by atoms with Crippen molar-refractivity contribution in [1.29, 1.82) is 0 Å². The number of anilines is 1. The molecule has 0 aliphatic carbocycles. The molecule has 1 aliphatic heterocycles. The Morgan fingerprint density at radius 3 is 2.29 bits per heavy atom. The van der Waals surface area contributed by atoms with Gasteiger partial charge >= 0.3 is 0 Å². The number of hydrogen-bond acceptors (Lipinski definition) is 4. The summed E-state index contributed by atoms with van der Waals surface area (Å²) in [6.45, 7) is 2.92. The third kappa shape index (κ3) is 4.07. The number of thiophene rings is 1. The van der Waals surface area contributed by atoms with Crippen LogP contribution in [0.2, 0.25) is 15.1 Å². The SMILES string of the molecule is O=C(c1cc(-c2ccc(Cl)cc2)c(N2CCOCC2)s1)c1ccc(Cl)cc1Cl. The summed E-state index contributed by atoms with van der Waals surface area (Å²) in [5, 5.41) is 2.59. The van der Waals surface area contributed by atoms with E-state index in [1.807, 2.05) is 30.3 Å². The molecule has 0 unspecified atom stereocenters. The Hall–Kier alpha value is -1.56. The van der Waals surface area contributed by atoms with E-state index in [1.165, 1.54) is 11.3 Å². The van der Waals surface area contributed by atoms with Crippen LogP contribution in [0, 0.1) is 0 Å². The lowest BCUT2D eigenvalue weighted by Gasteiger charge is -2.28. The second-order valence-corrected chi connectivity index (χ2v) is 8.70. The number of carbonyl (C=O) groups excluding carboxylic acids is 1. The Balaban J connectivity index is 1.78. The number of ether oxygens (including phenoxy) is 1. The molecule has 0 saturated carbocycles. The van der Waals surface area contributed by atoms with Crippen molar-refractivity contribution in [2.45, 2.75) is 0 Å². The largest absolute Gasteiger partial charge is 0.378 e. The van der Waals surface area contributed by atoms with Gasteiger partial charge in [-0.25, -0.2) is 0 Å². The van der Waals surface area contributed by atoms with Gasteiger partial charge in [-0.1, -0.05) is 46.9 Å². The molecule has 1 aliphatic rings. The second-order valence-electron chi connectivity index (χ2n) is 6.39. The highest BCUT2D eigenvalue weighted by Crippen LogP contribution is 2.41. The van der Waals surface area contributed by atoms with E-state index in [1.54, 1.807) is 18.2 Å². The lowest BCUT2D eigenvalue weighted by atomic mass is 10.1. The van der Waals surface area contributed by atoms with E-state index in [2.05, 4.69) is 4.90 Å². The van der Waals surface area contributed by atoms with Crippen LogP contribution in [0.25, 0.3) is 11.1 Å². The molecule has 1 fully saturated rings. The molecule has 0 N–H and O–H groups in total. The highest BCUT2D eigenvalue weighted by atomic mass is 35.5. The van der Waals surface area contributed by atoms with Crippen LogP contribution < -0.4 is 4.90 Å². The van der Waals surface area contributed by atoms with Crippen molar-refractivity contribution in [2.75, 3.05) is 31.2 Å². The summed E-state index contributed by atoms with van der Waals surface area (Å²) >= 11 is 19.8. The van der Waals surface area contributed by atoms with Crippen molar-refractivity contribution in [2.24, 2.45) is 0 Å². The molecular formula is C21H16Cl3NO2S. The fourth-order valence-electron chi connectivity index (χ4n) is 3.14. The van der Waals surface area contributed by atoms with Crippen LogP contribution >= 0.6 is 46.1 Å². The van der Waals surface area contributed by atoms with Crippen molar-refractivity contribution in [1.82, 2.24) is 0 Å². The van der Waals surface area contributed by atoms with E-state index in [4.69, 9.17) is 39.5 Å². The molecule has 2 heterocycles. The van der Waals surface area contributed by atoms with Crippen LogP contribution in [0.3, 0.4) is 0 Å². The van der Waals surface area contributed by atoms with Crippen LogP contribution in [0.5, 0.6) is 0 Å². The van der Waals surface area contributed by atoms with Crippen LogP contribution in [-0.4, -0.2) is 32.1 Å². The van der Waals surface area contributed by atoms with Gasteiger partial charge in [0.2, 0.25) is 5.78 Å². The minimum absolute atomic E-state index is 0.110. The Morgan fingerprint density at radius 2 is 1.61 bits per heavy atom. The maximum atomic E-state index is 13.1. The molecule has 3 nitrogen and oxygen atoms in total. The molecule has 3 aromatic rings. The zero-order valence-electron chi connectivity index (χ0n) is 14.8. The summed E-state index contributed by atoms with van der Waals surface area (Å²) in [7, 11) is 0.